The van der Waals surface area contributed by atoms with E-state index < -0.39 is 47.5 Å². The van der Waals surface area contributed by atoms with E-state index in [2.05, 4.69) is 17.2 Å². The minimum atomic E-state index is -4.72. The lowest BCUT2D eigenvalue weighted by Gasteiger charge is -2.33. The topological polar surface area (TPSA) is 81.8 Å². The molecule has 0 aromatic heterocycles. The van der Waals surface area contributed by atoms with Crippen molar-refractivity contribution in [1.82, 2.24) is 20.4 Å². The third kappa shape index (κ3) is 5.88. The van der Waals surface area contributed by atoms with Crippen molar-refractivity contribution >= 4 is 17.8 Å². The van der Waals surface area contributed by atoms with Crippen LogP contribution in [-0.2, 0) is 22.3 Å². The largest absolute Gasteiger partial charge is 0.416 e. The molecule has 2 atom stereocenters. The number of nitrogens with zero attached hydrogens (tertiary/aromatic N) is 2. The van der Waals surface area contributed by atoms with E-state index in [1.807, 2.05) is 13.8 Å². The number of amides is 4. The SMILES string of the molecule is C=CCN1C(=O)N[C@@H](c2ccccc2C(F)(F)F)C2=C1CN([C@H](CC(C)C)C(=O)NCc1ccc(F)cc1)C2=O. The quantitative estimate of drug-likeness (QED) is 0.339. The van der Waals surface area contributed by atoms with Gasteiger partial charge in [0.25, 0.3) is 5.91 Å². The smallest absolute Gasteiger partial charge is 0.350 e. The summed E-state index contributed by atoms with van der Waals surface area (Å²) in [5.41, 5.74) is -0.357. The summed E-state index contributed by atoms with van der Waals surface area (Å²) in [6.45, 7) is 7.38. The molecule has 11 heteroatoms. The number of benzene rings is 2. The molecule has 0 bridgehead atoms. The number of hydrogen-bond donors (Lipinski definition) is 2. The fourth-order valence-electron chi connectivity index (χ4n) is 5.06. The van der Waals surface area contributed by atoms with Crippen molar-refractivity contribution in [2.45, 2.75) is 45.1 Å². The van der Waals surface area contributed by atoms with Crippen molar-refractivity contribution < 1.29 is 31.9 Å². The van der Waals surface area contributed by atoms with Crippen molar-refractivity contribution in [1.29, 1.82) is 0 Å². The van der Waals surface area contributed by atoms with Crippen LogP contribution in [0.25, 0.3) is 0 Å². The average Bonchev–Trinajstić information content (AvgIpc) is 3.24. The van der Waals surface area contributed by atoms with Crippen molar-refractivity contribution in [3.05, 3.63) is 95.0 Å². The molecule has 0 radical (unpaired) electrons. The van der Waals surface area contributed by atoms with Crippen molar-refractivity contribution in [2.24, 2.45) is 5.92 Å². The molecular weight excluding hydrogens is 528 g/mol. The van der Waals surface area contributed by atoms with Gasteiger partial charge in [0.1, 0.15) is 11.9 Å². The van der Waals surface area contributed by atoms with Crippen LogP contribution in [0.5, 0.6) is 0 Å². The average molecular weight is 559 g/mol. The molecule has 2 aromatic carbocycles. The minimum absolute atomic E-state index is 0.0155. The maximum absolute atomic E-state index is 13.9. The number of carbonyl (C=O) groups is 3. The van der Waals surface area contributed by atoms with Gasteiger partial charge in [-0.3, -0.25) is 14.5 Å². The third-order valence-corrected chi connectivity index (χ3v) is 6.89. The predicted octanol–water partition coefficient (Wildman–Crippen LogP) is 4.92. The van der Waals surface area contributed by atoms with Crippen LogP contribution >= 0.6 is 0 Å². The van der Waals surface area contributed by atoms with Crippen LogP contribution in [-0.4, -0.2) is 46.8 Å². The van der Waals surface area contributed by atoms with Crippen LogP contribution < -0.4 is 10.6 Å². The lowest BCUT2D eigenvalue weighted by molar-refractivity contribution is -0.139. The highest BCUT2D eigenvalue weighted by molar-refractivity contribution is 6.03. The Morgan fingerprint density at radius 3 is 2.45 bits per heavy atom. The zero-order valence-electron chi connectivity index (χ0n) is 22.1. The van der Waals surface area contributed by atoms with Gasteiger partial charge in [0.2, 0.25) is 5.91 Å². The van der Waals surface area contributed by atoms with Crippen molar-refractivity contribution in [2.75, 3.05) is 13.1 Å². The maximum Gasteiger partial charge on any atom is 0.416 e. The molecule has 2 heterocycles. The Hall–Kier alpha value is -4.15. The van der Waals surface area contributed by atoms with Gasteiger partial charge < -0.3 is 15.5 Å². The Labute approximate surface area is 229 Å². The molecule has 2 aliphatic rings. The highest BCUT2D eigenvalue weighted by atomic mass is 19.4. The van der Waals surface area contributed by atoms with Gasteiger partial charge in [-0.15, -0.1) is 6.58 Å². The van der Waals surface area contributed by atoms with Crippen molar-refractivity contribution in [3.63, 3.8) is 0 Å². The zero-order chi connectivity index (χ0) is 29.2. The van der Waals surface area contributed by atoms with Crippen LogP contribution in [0.15, 0.2) is 72.5 Å². The van der Waals surface area contributed by atoms with Gasteiger partial charge in [0, 0.05) is 13.1 Å². The first-order chi connectivity index (χ1) is 18.9. The molecule has 2 aromatic rings. The van der Waals surface area contributed by atoms with E-state index in [4.69, 9.17) is 0 Å². The van der Waals surface area contributed by atoms with Gasteiger partial charge in [-0.2, -0.15) is 13.2 Å². The molecule has 0 spiro atoms. The molecule has 0 saturated carbocycles. The molecule has 40 heavy (non-hydrogen) atoms. The first kappa shape index (κ1) is 28.8. The molecule has 7 nitrogen and oxygen atoms in total. The Morgan fingerprint density at radius 1 is 1.15 bits per heavy atom. The number of rotatable bonds is 9. The Kier molecular flexibility index (Phi) is 8.32. The molecular formula is C29H30F4N4O3. The van der Waals surface area contributed by atoms with Crippen LogP contribution in [0, 0.1) is 11.7 Å². The van der Waals surface area contributed by atoms with E-state index in [1.165, 1.54) is 58.3 Å². The molecule has 2 aliphatic heterocycles. The van der Waals surface area contributed by atoms with E-state index in [1.54, 1.807) is 0 Å². The van der Waals surface area contributed by atoms with Gasteiger partial charge in [0.15, 0.2) is 0 Å². The summed E-state index contributed by atoms with van der Waals surface area (Å²) in [6.07, 6.45) is -3.00. The van der Waals surface area contributed by atoms with Gasteiger partial charge in [-0.25, -0.2) is 9.18 Å². The van der Waals surface area contributed by atoms with Gasteiger partial charge in [-0.05, 0) is 41.7 Å². The normalized spacial score (nSPS) is 18.1. The molecule has 0 fully saturated rings. The highest BCUT2D eigenvalue weighted by Gasteiger charge is 2.48. The Bertz CT molecular complexity index is 1340. The number of carbonyl (C=O) groups excluding carboxylic acids is 3. The predicted molar refractivity (Wildman–Crippen MR) is 140 cm³/mol. The van der Waals surface area contributed by atoms with Gasteiger partial charge >= 0.3 is 12.2 Å². The van der Waals surface area contributed by atoms with Crippen LogP contribution in [0.1, 0.15) is 43.0 Å². The summed E-state index contributed by atoms with van der Waals surface area (Å²) < 4.78 is 55.0. The first-order valence-corrected chi connectivity index (χ1v) is 12.8. The lowest BCUT2D eigenvalue weighted by Crippen LogP contribution is -2.49. The summed E-state index contributed by atoms with van der Waals surface area (Å²) in [5, 5.41) is 5.35. The third-order valence-electron chi connectivity index (χ3n) is 6.89. The van der Waals surface area contributed by atoms with Gasteiger partial charge in [0.05, 0.1) is 29.4 Å². The summed E-state index contributed by atoms with van der Waals surface area (Å²) in [4.78, 5) is 43.0. The number of halogens is 4. The number of nitrogens with one attached hydrogen (secondary N) is 2. The molecule has 4 rings (SSSR count). The van der Waals surface area contributed by atoms with Gasteiger partial charge in [-0.1, -0.05) is 50.3 Å². The molecule has 2 N–H and O–H groups in total. The summed E-state index contributed by atoms with van der Waals surface area (Å²) in [5.74, 6) is -1.53. The number of hydrogen-bond acceptors (Lipinski definition) is 3. The Morgan fingerprint density at radius 2 is 1.82 bits per heavy atom. The second-order valence-electron chi connectivity index (χ2n) is 10.1. The highest BCUT2D eigenvalue weighted by Crippen LogP contribution is 2.42. The minimum Gasteiger partial charge on any atom is -0.350 e. The number of alkyl halides is 3. The molecule has 0 aliphatic carbocycles. The summed E-state index contributed by atoms with van der Waals surface area (Å²) in [6, 6.07) is 7.40. The monoisotopic (exact) mass is 558 g/mol. The lowest BCUT2D eigenvalue weighted by atomic mass is 9.91. The number of urea groups is 1. The van der Waals surface area contributed by atoms with E-state index in [9.17, 15) is 31.9 Å². The summed E-state index contributed by atoms with van der Waals surface area (Å²) >= 11 is 0. The van der Waals surface area contributed by atoms with Crippen LogP contribution in [0.3, 0.4) is 0 Å². The Balaban J connectivity index is 1.70. The van der Waals surface area contributed by atoms with E-state index in [0.717, 1.165) is 6.07 Å². The molecule has 212 valence electrons. The second-order valence-corrected chi connectivity index (χ2v) is 10.1. The van der Waals surface area contributed by atoms with E-state index >= 15 is 0 Å². The van der Waals surface area contributed by atoms with Crippen molar-refractivity contribution in [3.8, 4) is 0 Å². The maximum atomic E-state index is 13.9. The van der Waals surface area contributed by atoms with E-state index in [-0.39, 0.29) is 48.8 Å². The standard InChI is InChI=1S/C29H30F4N4O3/c1-4-13-36-23-16-37(22(14-17(2)3)26(38)34-15-18-9-11-19(30)12-10-18)27(39)24(23)25(35-28(36)40)20-7-5-6-8-21(20)29(31,32)33/h4-12,17,22,25H,1,13-16H2,2-3H3,(H,34,38)(H,35,40)/t22-,25+/m1/s1. The van der Waals surface area contributed by atoms with Crippen LogP contribution in [0.4, 0.5) is 22.4 Å². The fourth-order valence-corrected chi connectivity index (χ4v) is 5.06. The zero-order valence-corrected chi connectivity index (χ0v) is 22.1. The molecule has 0 saturated heterocycles. The second kappa shape index (κ2) is 11.5. The first-order valence-electron chi connectivity index (χ1n) is 12.8. The summed E-state index contributed by atoms with van der Waals surface area (Å²) in [7, 11) is 0. The fraction of sp³-hybridized carbons (Fsp3) is 0.345. The molecule has 4 amide bonds. The van der Waals surface area contributed by atoms with Crippen LogP contribution in [0.2, 0.25) is 0 Å². The molecule has 0 unspecified atom stereocenters. The van der Waals surface area contributed by atoms with E-state index in [0.29, 0.717) is 5.56 Å².